The second-order valence-electron chi connectivity index (χ2n) is 9.69. The molecule has 11 heteroatoms. The van der Waals surface area contributed by atoms with Gasteiger partial charge in [-0.3, -0.25) is 14.3 Å². The first-order valence-corrected chi connectivity index (χ1v) is 15.2. The molecule has 0 saturated carbocycles. The average molecular weight is 499 g/mol. The minimum absolute atomic E-state index is 0.235. The number of aryl methyl sites for hydroxylation is 2. The number of hydrogen-bond acceptors (Lipinski definition) is 6. The molecular weight excluding hydrogens is 464 g/mol. The molecule has 1 aromatic carbocycles. The molecule has 0 aliphatic heterocycles. The first-order chi connectivity index (χ1) is 16.5. The van der Waals surface area contributed by atoms with Gasteiger partial charge in [0.05, 0.1) is 18.9 Å². The SMILES string of the molecule is Cc1nc(NC(=O)C(O)CNC(=O)c2cccc(-c3cnn(C)c3)c2)cn1COCC[Si](C)(C)C. The molecule has 3 N–H and O–H groups in total. The molecule has 1 unspecified atom stereocenters. The zero-order chi connectivity index (χ0) is 25.6. The minimum Gasteiger partial charge on any atom is -0.381 e. The molecule has 3 rings (SSSR count). The molecule has 2 heterocycles. The summed E-state index contributed by atoms with van der Waals surface area (Å²) in [5.74, 6) is -0.0441. The van der Waals surface area contributed by atoms with E-state index in [4.69, 9.17) is 4.74 Å². The molecule has 0 bridgehead atoms. The van der Waals surface area contributed by atoms with Gasteiger partial charge in [-0.2, -0.15) is 5.10 Å². The molecule has 0 aliphatic carbocycles. The molecule has 35 heavy (non-hydrogen) atoms. The zero-order valence-electron chi connectivity index (χ0n) is 20.9. The van der Waals surface area contributed by atoms with Crippen molar-refractivity contribution in [3.8, 4) is 11.1 Å². The van der Waals surface area contributed by atoms with E-state index in [-0.39, 0.29) is 6.54 Å². The van der Waals surface area contributed by atoms with E-state index in [1.807, 2.05) is 26.2 Å². The number of aliphatic hydroxyl groups is 1. The standard InChI is InChI=1S/C24H34N6O4Si/c1-17-27-22(15-30(17)16-34-9-10-35(3,4)5)28-24(33)21(31)13-25-23(32)19-8-6-7-18(11-19)20-12-26-29(2)14-20/h6-8,11-12,14-15,21,31H,9-10,13,16H2,1-5H3,(H,25,32)(H,28,33). The summed E-state index contributed by atoms with van der Waals surface area (Å²) in [4.78, 5) is 29.2. The highest BCUT2D eigenvalue weighted by Crippen LogP contribution is 2.19. The van der Waals surface area contributed by atoms with Crippen LogP contribution in [0.3, 0.4) is 0 Å². The molecule has 0 spiro atoms. The first-order valence-electron chi connectivity index (χ1n) is 11.5. The lowest BCUT2D eigenvalue weighted by Gasteiger charge is -2.15. The number of imidazole rings is 1. The van der Waals surface area contributed by atoms with E-state index < -0.39 is 26.0 Å². The van der Waals surface area contributed by atoms with Crippen molar-refractivity contribution in [3.05, 3.63) is 54.2 Å². The third-order valence-electron chi connectivity index (χ3n) is 5.38. The number of amides is 2. The topological polar surface area (TPSA) is 123 Å². The Bertz CT molecular complexity index is 1170. The van der Waals surface area contributed by atoms with Crippen molar-refractivity contribution < 1.29 is 19.4 Å². The lowest BCUT2D eigenvalue weighted by atomic mass is 10.1. The lowest BCUT2D eigenvalue weighted by Crippen LogP contribution is -2.39. The average Bonchev–Trinajstić information content (AvgIpc) is 3.39. The van der Waals surface area contributed by atoms with Gasteiger partial charge in [-0.15, -0.1) is 0 Å². The van der Waals surface area contributed by atoms with Gasteiger partial charge in [0.1, 0.15) is 18.7 Å². The Kier molecular flexibility index (Phi) is 8.60. The number of rotatable bonds is 11. The zero-order valence-corrected chi connectivity index (χ0v) is 21.9. The number of nitrogens with zero attached hydrogens (tertiary/aromatic N) is 4. The number of aromatic nitrogens is 4. The fourth-order valence-corrected chi connectivity index (χ4v) is 4.00. The van der Waals surface area contributed by atoms with Gasteiger partial charge in [-0.05, 0) is 30.7 Å². The van der Waals surface area contributed by atoms with Gasteiger partial charge >= 0.3 is 0 Å². The maximum Gasteiger partial charge on any atom is 0.256 e. The normalized spacial score (nSPS) is 12.4. The van der Waals surface area contributed by atoms with Crippen molar-refractivity contribution >= 4 is 25.7 Å². The molecule has 0 fully saturated rings. The Hall–Kier alpha value is -3.28. The van der Waals surface area contributed by atoms with E-state index in [9.17, 15) is 14.7 Å². The summed E-state index contributed by atoms with van der Waals surface area (Å²) in [7, 11) is 0.659. The second-order valence-corrected chi connectivity index (χ2v) is 15.3. The summed E-state index contributed by atoms with van der Waals surface area (Å²) in [6, 6.07) is 8.13. The van der Waals surface area contributed by atoms with Crippen LogP contribution in [0.4, 0.5) is 5.82 Å². The maximum absolute atomic E-state index is 12.6. The van der Waals surface area contributed by atoms with E-state index in [1.54, 1.807) is 39.8 Å². The number of ether oxygens (including phenoxy) is 1. The fraction of sp³-hybridized carbons (Fsp3) is 0.417. The number of anilines is 1. The van der Waals surface area contributed by atoms with E-state index in [2.05, 4.69) is 40.4 Å². The monoisotopic (exact) mass is 498 g/mol. The molecule has 0 aliphatic rings. The molecule has 2 amide bonds. The maximum atomic E-state index is 12.6. The highest BCUT2D eigenvalue weighted by Gasteiger charge is 2.19. The van der Waals surface area contributed by atoms with Crippen molar-refractivity contribution in [3.63, 3.8) is 0 Å². The third kappa shape index (κ3) is 7.87. The number of carbonyl (C=O) groups is 2. The van der Waals surface area contributed by atoms with Crippen LogP contribution in [-0.2, 0) is 23.3 Å². The van der Waals surface area contributed by atoms with Gasteiger partial charge in [-0.1, -0.05) is 31.8 Å². The molecule has 2 aromatic heterocycles. The van der Waals surface area contributed by atoms with Crippen molar-refractivity contribution in [2.45, 2.75) is 45.4 Å². The molecular formula is C24H34N6O4Si. The summed E-state index contributed by atoms with van der Waals surface area (Å²) < 4.78 is 9.21. The van der Waals surface area contributed by atoms with Gasteiger partial charge in [0, 0.05) is 39.1 Å². The Labute approximate surface area is 206 Å². The van der Waals surface area contributed by atoms with Crippen molar-refractivity contribution in [2.24, 2.45) is 7.05 Å². The van der Waals surface area contributed by atoms with Crippen LogP contribution in [0.5, 0.6) is 0 Å². The summed E-state index contributed by atoms with van der Waals surface area (Å²) in [6.45, 7) is 9.47. The largest absolute Gasteiger partial charge is 0.381 e. The van der Waals surface area contributed by atoms with Gasteiger partial charge in [-0.25, -0.2) is 4.98 Å². The fourth-order valence-electron chi connectivity index (χ4n) is 3.24. The molecule has 10 nitrogen and oxygen atoms in total. The van der Waals surface area contributed by atoms with Gasteiger partial charge in [0.25, 0.3) is 11.8 Å². The van der Waals surface area contributed by atoms with Crippen LogP contribution in [-0.4, -0.2) is 63.6 Å². The summed E-state index contributed by atoms with van der Waals surface area (Å²) in [5.41, 5.74) is 2.15. The molecule has 0 saturated heterocycles. The van der Waals surface area contributed by atoms with Crippen molar-refractivity contribution in [2.75, 3.05) is 18.5 Å². The molecule has 0 radical (unpaired) electrons. The quantitative estimate of drug-likeness (QED) is 0.276. The molecule has 1 atom stereocenters. The van der Waals surface area contributed by atoms with Crippen molar-refractivity contribution in [1.82, 2.24) is 24.6 Å². The lowest BCUT2D eigenvalue weighted by molar-refractivity contribution is -0.123. The number of hydrogen-bond donors (Lipinski definition) is 3. The van der Waals surface area contributed by atoms with Gasteiger partial charge in [0.2, 0.25) is 0 Å². The van der Waals surface area contributed by atoms with Crippen LogP contribution in [0, 0.1) is 6.92 Å². The number of carbonyl (C=O) groups excluding carboxylic acids is 2. The van der Waals surface area contributed by atoms with Crippen LogP contribution < -0.4 is 10.6 Å². The molecule has 3 aromatic rings. The molecule has 188 valence electrons. The van der Waals surface area contributed by atoms with E-state index in [1.165, 1.54) is 0 Å². The predicted octanol–water partition coefficient (Wildman–Crippen LogP) is 2.63. The van der Waals surface area contributed by atoms with Crippen LogP contribution >= 0.6 is 0 Å². The summed E-state index contributed by atoms with van der Waals surface area (Å²) >= 11 is 0. The smallest absolute Gasteiger partial charge is 0.256 e. The predicted molar refractivity (Wildman–Crippen MR) is 137 cm³/mol. The van der Waals surface area contributed by atoms with E-state index in [0.717, 1.165) is 17.2 Å². The Balaban J connectivity index is 1.49. The Morgan fingerprint density at radius 2 is 1.97 bits per heavy atom. The van der Waals surface area contributed by atoms with Crippen molar-refractivity contribution in [1.29, 1.82) is 0 Å². The van der Waals surface area contributed by atoms with Crippen LogP contribution in [0.2, 0.25) is 25.7 Å². The van der Waals surface area contributed by atoms with Crippen LogP contribution in [0.1, 0.15) is 16.2 Å². The van der Waals surface area contributed by atoms with Crippen LogP contribution in [0.15, 0.2) is 42.9 Å². The van der Waals surface area contributed by atoms with E-state index >= 15 is 0 Å². The number of aliphatic hydroxyl groups excluding tert-OH is 1. The van der Waals surface area contributed by atoms with Gasteiger partial charge < -0.3 is 25.0 Å². The Morgan fingerprint density at radius 1 is 1.20 bits per heavy atom. The van der Waals surface area contributed by atoms with E-state index in [0.29, 0.717) is 30.5 Å². The summed E-state index contributed by atoms with van der Waals surface area (Å²) in [5, 5.41) is 19.6. The highest BCUT2D eigenvalue weighted by atomic mass is 28.3. The highest BCUT2D eigenvalue weighted by molar-refractivity contribution is 6.76. The third-order valence-corrected chi connectivity index (χ3v) is 7.08. The first kappa shape index (κ1) is 26.3. The number of benzene rings is 1. The van der Waals surface area contributed by atoms with Crippen LogP contribution in [0.25, 0.3) is 11.1 Å². The number of nitrogens with one attached hydrogen (secondary N) is 2. The van der Waals surface area contributed by atoms with Gasteiger partial charge in [0.15, 0.2) is 5.82 Å². The summed E-state index contributed by atoms with van der Waals surface area (Å²) in [6.07, 6.45) is 3.80. The minimum atomic E-state index is -1.43. The second kappa shape index (κ2) is 11.4. The Morgan fingerprint density at radius 3 is 2.66 bits per heavy atom.